The second kappa shape index (κ2) is 38.4. The van der Waals surface area contributed by atoms with E-state index >= 15 is 0 Å². The summed E-state index contributed by atoms with van der Waals surface area (Å²) in [6.45, 7) is 7.26. The van der Waals surface area contributed by atoms with Gasteiger partial charge in [0.25, 0.3) is 0 Å². The summed E-state index contributed by atoms with van der Waals surface area (Å²) in [5.41, 5.74) is -2.78. The molecule has 14 heteroatoms. The monoisotopic (exact) mass is 1190 g/mol. The van der Waals surface area contributed by atoms with E-state index in [1.54, 1.807) is 4.90 Å². The summed E-state index contributed by atoms with van der Waals surface area (Å²) in [6, 6.07) is 24.9. The van der Waals surface area contributed by atoms with E-state index in [-0.39, 0.29) is 21.9 Å². The fourth-order valence-corrected chi connectivity index (χ4v) is 11.9. The minimum absolute atomic E-state index is 0.0114. The Morgan fingerprint density at radius 1 is 0.250 bits per heavy atom. The van der Waals surface area contributed by atoms with Crippen molar-refractivity contribution in [3.05, 3.63) is 150 Å². The van der Waals surface area contributed by atoms with E-state index in [4.69, 9.17) is 0 Å². The molecule has 0 bridgehead atoms. The maximum atomic E-state index is 13.3. The van der Waals surface area contributed by atoms with Crippen LogP contribution in [0.3, 0.4) is 0 Å². The molecular weight excluding hydrogens is 1090 g/mol. The summed E-state index contributed by atoms with van der Waals surface area (Å²) in [5.74, 6) is 0. The third-order valence-electron chi connectivity index (χ3n) is 16.8. The quantitative estimate of drug-likeness (QED) is 0.0227. The Labute approximate surface area is 496 Å². The van der Waals surface area contributed by atoms with Gasteiger partial charge in [-0.1, -0.05) is 309 Å². The third-order valence-corrected chi connectivity index (χ3v) is 16.8. The van der Waals surface area contributed by atoms with Crippen LogP contribution in [0, 0.1) is 0 Å². The van der Waals surface area contributed by atoms with Crippen molar-refractivity contribution in [3.63, 3.8) is 0 Å². The summed E-state index contributed by atoms with van der Waals surface area (Å²) in [4.78, 5) is 1.73. The highest BCUT2D eigenvalue weighted by molar-refractivity contribution is 7.19. The maximum absolute atomic E-state index is 13.3. The molecule has 1 N–H and O–H groups in total. The van der Waals surface area contributed by atoms with Gasteiger partial charge in [0.1, 0.15) is 11.8 Å². The van der Waals surface area contributed by atoms with Crippen molar-refractivity contribution < 1.29 is 57.6 Å². The molecule has 84 heavy (non-hydrogen) atoms. The van der Waals surface area contributed by atoms with Gasteiger partial charge in [0, 0.05) is 0 Å². The lowest BCUT2D eigenvalue weighted by Crippen LogP contribution is -3.07. The molecule has 1 nitrogen and oxygen atoms in total. The van der Waals surface area contributed by atoms with Crippen molar-refractivity contribution >= 4 is 33.7 Å². The summed E-state index contributed by atoms with van der Waals surface area (Å²) in [5, 5.41) is 0. The molecule has 0 spiro atoms. The van der Waals surface area contributed by atoms with E-state index in [2.05, 4.69) is 44.2 Å². The molecule has 0 aromatic heterocycles. The topological polar surface area (TPSA) is 4.44 Å². The lowest BCUT2D eigenvalue weighted by Gasteiger charge is -2.44. The van der Waals surface area contributed by atoms with E-state index in [0.29, 0.717) is 48.5 Å². The molecule has 5 aromatic rings. The third kappa shape index (κ3) is 26.1. The Kier molecular flexibility index (Phi) is 32.8. The lowest BCUT2D eigenvalue weighted by molar-refractivity contribution is -0.833. The smallest absolute Gasteiger partial charge is 0.302 e. The minimum atomic E-state index is -4.77. The maximum Gasteiger partial charge on any atom is 0.416 e. The van der Waals surface area contributed by atoms with Crippen LogP contribution in [-0.4, -0.2) is 19.2 Å². The second-order valence-electron chi connectivity index (χ2n) is 23.4. The molecule has 0 aliphatic heterocycles. The van der Waals surface area contributed by atoms with Crippen LogP contribution in [0.15, 0.2) is 127 Å². The molecule has 5 rings (SSSR count). The van der Waals surface area contributed by atoms with Gasteiger partial charge in [-0.3, -0.25) is 0 Å². The van der Waals surface area contributed by atoms with Crippen molar-refractivity contribution in [3.8, 4) is 0 Å². The summed E-state index contributed by atoms with van der Waals surface area (Å²) >= 11 is 0. The van der Waals surface area contributed by atoms with Gasteiger partial charge >= 0.3 is 24.7 Å². The standard InChI is InChI=1S/C42H79N.C28H16BF12/c1-3-5-7-9-11-13-15-17-19-21-23-25-27-29-31-36-40-43(42-38-34-33-35-39-42)41-37-32-30-28-26-24-22-20-18-16-14-12-10-8-6-4-2;30-25(31,32)17-1-9-21(10-2-17)29(22-11-3-18(4-12-22)26(33,34)35,23-13-5-19(6-14-23)27(36,37)38)24-15-7-20(8-16-24)28(39,40)41/h33-35,38-39H,3-32,36-37,40-41H2,1-2H3;1-16H/q;-1/p+1. The largest absolute Gasteiger partial charge is 0.416 e. The van der Waals surface area contributed by atoms with Gasteiger partial charge in [-0.25, -0.2) is 0 Å². The minimum Gasteiger partial charge on any atom is -0.302 e. The average molecular weight is 1190 g/mol. The molecule has 468 valence electrons. The number of alkyl halides is 12. The van der Waals surface area contributed by atoms with Gasteiger partial charge in [0.05, 0.1) is 35.3 Å². The van der Waals surface area contributed by atoms with Crippen molar-refractivity contribution in [1.29, 1.82) is 0 Å². The molecule has 0 saturated heterocycles. The van der Waals surface area contributed by atoms with Crippen LogP contribution >= 0.6 is 0 Å². The van der Waals surface area contributed by atoms with E-state index < -0.39 is 53.1 Å². The zero-order valence-electron chi connectivity index (χ0n) is 50.3. The zero-order chi connectivity index (χ0) is 61.2. The number of rotatable bonds is 39. The van der Waals surface area contributed by atoms with Gasteiger partial charge in [-0.15, -0.1) is 0 Å². The summed E-state index contributed by atoms with van der Waals surface area (Å²) < 4.78 is 160. The Morgan fingerprint density at radius 2 is 0.440 bits per heavy atom. The predicted octanol–water partition coefficient (Wildman–Crippen LogP) is 20.9. The number of hydrogen-bond acceptors (Lipinski definition) is 0. The van der Waals surface area contributed by atoms with Crippen molar-refractivity contribution in [2.45, 2.75) is 244 Å². The number of benzene rings is 5. The molecule has 0 radical (unpaired) electrons. The number of hydrogen-bond donors (Lipinski definition) is 1. The van der Waals surface area contributed by atoms with Crippen LogP contribution in [0.4, 0.5) is 58.4 Å². The highest BCUT2D eigenvalue weighted by Crippen LogP contribution is 2.33. The van der Waals surface area contributed by atoms with Crippen molar-refractivity contribution in [2.75, 3.05) is 13.1 Å². The lowest BCUT2D eigenvalue weighted by atomic mass is 9.13. The van der Waals surface area contributed by atoms with Gasteiger partial charge < -0.3 is 4.90 Å². The molecule has 0 unspecified atom stereocenters. The van der Waals surface area contributed by atoms with Crippen LogP contribution in [0.25, 0.3) is 0 Å². The first-order valence-electron chi connectivity index (χ1n) is 32.0. The normalized spacial score (nSPS) is 12.5. The first-order valence-corrected chi connectivity index (χ1v) is 32.0. The first-order chi connectivity index (χ1) is 40.2. The molecule has 0 aliphatic carbocycles. The molecule has 0 atom stereocenters. The SMILES string of the molecule is CCCCCCCCCCCCCCCCCC[NH+](CCCCCCCCCCCCCCCCCC)c1ccccc1.FC(F)(F)c1ccc([B-](c2ccc(C(F)(F)F)cc2)(c2ccc(C(F)(F)F)cc2)c2ccc(C(F)(F)F)cc2)cc1. The van der Waals surface area contributed by atoms with Crippen molar-refractivity contribution in [1.82, 2.24) is 0 Å². The van der Waals surface area contributed by atoms with E-state index in [1.165, 1.54) is 224 Å². The highest BCUT2D eigenvalue weighted by atomic mass is 19.4. The Morgan fingerprint density at radius 3 is 0.631 bits per heavy atom. The number of quaternary nitrogens is 1. The van der Waals surface area contributed by atoms with Crippen LogP contribution in [0.2, 0.25) is 0 Å². The second-order valence-corrected chi connectivity index (χ2v) is 23.4. The van der Waals surface area contributed by atoms with Gasteiger partial charge in [0.2, 0.25) is 0 Å². The van der Waals surface area contributed by atoms with Gasteiger partial charge in [-0.2, -0.15) is 74.5 Å². The summed E-state index contributed by atoms with van der Waals surface area (Å²) in [7, 11) is 0. The fraction of sp³-hybridized carbons (Fsp3) is 0.571. The van der Waals surface area contributed by atoms with E-state index in [0.717, 1.165) is 48.5 Å². The van der Waals surface area contributed by atoms with Crippen LogP contribution < -0.4 is 26.8 Å². The van der Waals surface area contributed by atoms with Gasteiger partial charge in [-0.05, 0) is 37.8 Å². The molecule has 0 amide bonds. The molecule has 0 aliphatic rings. The van der Waals surface area contributed by atoms with E-state index in [9.17, 15) is 52.7 Å². The first kappa shape index (κ1) is 71.8. The zero-order valence-corrected chi connectivity index (χ0v) is 50.3. The van der Waals surface area contributed by atoms with Crippen molar-refractivity contribution in [2.24, 2.45) is 0 Å². The average Bonchev–Trinajstić information content (AvgIpc) is 0.990. The van der Waals surface area contributed by atoms with Crippen LogP contribution in [-0.2, 0) is 24.7 Å². The predicted molar refractivity (Wildman–Crippen MR) is 326 cm³/mol. The highest BCUT2D eigenvalue weighted by Gasteiger charge is 2.38. The molecule has 5 aromatic carbocycles. The molecule has 0 saturated carbocycles. The van der Waals surface area contributed by atoms with Crippen LogP contribution in [0.1, 0.15) is 242 Å². The number of halogens is 12. The molecule has 0 heterocycles. The Hall–Kier alpha value is -4.72. The van der Waals surface area contributed by atoms with E-state index in [1.807, 2.05) is 0 Å². The molecule has 0 fully saturated rings. The Balaban J connectivity index is 0.000000361. The number of nitrogens with one attached hydrogen (secondary N) is 1. The molecular formula is C70H96BF12N. The number of unbranched alkanes of at least 4 members (excludes halogenated alkanes) is 30. The fourth-order valence-electron chi connectivity index (χ4n) is 11.9. The number of para-hydroxylation sites is 1. The Bertz CT molecular complexity index is 2160. The van der Waals surface area contributed by atoms with Crippen LogP contribution in [0.5, 0.6) is 0 Å². The van der Waals surface area contributed by atoms with Gasteiger partial charge in [0.15, 0.2) is 0 Å². The summed E-state index contributed by atoms with van der Waals surface area (Å²) in [6.07, 6.45) is 24.5.